The van der Waals surface area contributed by atoms with Crippen LogP contribution in [-0.4, -0.2) is 31.4 Å². The minimum absolute atomic E-state index is 0.164. The van der Waals surface area contributed by atoms with Crippen molar-refractivity contribution in [1.82, 2.24) is 0 Å². The molecule has 0 saturated heterocycles. The summed E-state index contributed by atoms with van der Waals surface area (Å²) in [4.78, 5) is 11.5. The summed E-state index contributed by atoms with van der Waals surface area (Å²) in [5.74, 6) is -1.03. The van der Waals surface area contributed by atoms with Gasteiger partial charge in [-0.05, 0) is 70.6 Å². The van der Waals surface area contributed by atoms with Gasteiger partial charge in [0.05, 0.1) is 24.9 Å². The highest BCUT2D eigenvalue weighted by atomic mass is 79.9. The molecule has 0 radical (unpaired) electrons. The summed E-state index contributed by atoms with van der Waals surface area (Å²) < 4.78 is 13.0. The molecule has 1 aromatic carbocycles. The number of halogens is 4. The van der Waals surface area contributed by atoms with Gasteiger partial charge in [0, 0.05) is 30.6 Å². The zero-order valence-electron chi connectivity index (χ0n) is 10.7. The van der Waals surface area contributed by atoms with Gasteiger partial charge in [-0.2, -0.15) is 0 Å². The molecule has 4 nitrogen and oxygen atoms in total. The maximum atomic E-state index is 11.5. The first-order chi connectivity index (χ1) is 9.32. The van der Waals surface area contributed by atoms with Gasteiger partial charge >= 0.3 is 5.97 Å². The van der Waals surface area contributed by atoms with Gasteiger partial charge in [0.15, 0.2) is 0 Å². The third-order valence-electron chi connectivity index (χ3n) is 2.58. The molecule has 0 aliphatic heterocycles. The fourth-order valence-corrected chi connectivity index (χ4v) is 4.27. The van der Waals surface area contributed by atoms with Gasteiger partial charge in [-0.3, -0.25) is 0 Å². The Balaban J connectivity index is 3.32. The molecule has 1 rings (SSSR count). The summed E-state index contributed by atoms with van der Waals surface area (Å²) in [6.45, 7) is 2.63. The Morgan fingerprint density at radius 3 is 2.15 bits per heavy atom. The Labute approximate surface area is 150 Å². The highest BCUT2D eigenvalue weighted by Gasteiger charge is 2.27. The van der Waals surface area contributed by atoms with Crippen molar-refractivity contribution in [3.05, 3.63) is 29.0 Å². The van der Waals surface area contributed by atoms with Crippen LogP contribution < -0.4 is 0 Å². The second kappa shape index (κ2) is 8.24. The average Bonchev–Trinajstić information content (AvgIpc) is 2.39. The molecule has 1 atom stereocenters. The lowest BCUT2D eigenvalue weighted by Crippen LogP contribution is -2.13. The van der Waals surface area contributed by atoms with E-state index in [9.17, 15) is 9.90 Å². The molecule has 1 aromatic rings. The Morgan fingerprint density at radius 2 is 1.65 bits per heavy atom. The Bertz CT molecular complexity index is 519. The minimum Gasteiger partial charge on any atom is -0.478 e. The lowest BCUT2D eigenvalue weighted by atomic mass is 10.0. The number of carbonyl (C=O) groups is 1. The fourth-order valence-electron chi connectivity index (χ4n) is 1.63. The first kappa shape index (κ1) is 18.6. The molecule has 1 unspecified atom stereocenters. The Morgan fingerprint density at radius 1 is 1.10 bits per heavy atom. The van der Waals surface area contributed by atoms with Crippen LogP contribution in [0.5, 0.6) is 0 Å². The van der Waals surface area contributed by atoms with E-state index in [0.29, 0.717) is 32.2 Å². The van der Waals surface area contributed by atoms with Crippen LogP contribution in [0.4, 0.5) is 0 Å². The molecule has 0 fully saturated rings. The first-order valence-corrected chi connectivity index (χ1v) is 8.69. The Kier molecular flexibility index (Phi) is 7.65. The van der Waals surface area contributed by atoms with Crippen LogP contribution in [0.2, 0.25) is 0 Å². The third-order valence-corrected chi connectivity index (χ3v) is 7.38. The van der Waals surface area contributed by atoms with Crippen molar-refractivity contribution in [3.8, 4) is 0 Å². The van der Waals surface area contributed by atoms with E-state index in [0.717, 1.165) is 4.47 Å². The van der Waals surface area contributed by atoms with Gasteiger partial charge in [0.1, 0.15) is 0 Å². The van der Waals surface area contributed by atoms with Crippen molar-refractivity contribution < 1.29 is 19.4 Å². The van der Waals surface area contributed by atoms with Crippen molar-refractivity contribution in [3.63, 3.8) is 0 Å². The number of aromatic carboxylic acids is 1. The molecule has 112 valence electrons. The predicted octanol–water partition coefficient (Wildman–Crippen LogP) is 5.16. The fraction of sp³-hybridized carbons (Fsp3) is 0.417. The zero-order valence-corrected chi connectivity index (χ0v) is 17.0. The summed E-state index contributed by atoms with van der Waals surface area (Å²) in [5.41, 5.74) is 0.729. The lowest BCUT2D eigenvalue weighted by molar-refractivity contribution is 0.0242. The number of hydrogen-bond donors (Lipinski definition) is 1. The molecule has 0 aliphatic carbocycles. The molecule has 0 spiro atoms. The normalized spacial score (nSPS) is 12.5. The largest absolute Gasteiger partial charge is 0.478 e. The van der Waals surface area contributed by atoms with Crippen LogP contribution in [-0.2, 0) is 9.47 Å². The monoisotopic (exact) mass is 536 g/mol. The van der Waals surface area contributed by atoms with Crippen molar-refractivity contribution in [2.45, 2.75) is 13.0 Å². The van der Waals surface area contributed by atoms with E-state index in [1.54, 1.807) is 14.0 Å². The van der Waals surface area contributed by atoms with Crippen LogP contribution in [0.25, 0.3) is 0 Å². The van der Waals surface area contributed by atoms with Crippen LogP contribution in [0.3, 0.4) is 0 Å². The zero-order chi connectivity index (χ0) is 15.4. The summed E-state index contributed by atoms with van der Waals surface area (Å²) in [5, 5.41) is 9.44. The van der Waals surface area contributed by atoms with Crippen molar-refractivity contribution >= 4 is 69.7 Å². The molecule has 0 amide bonds. The molecular weight excluding hydrogens is 528 g/mol. The topological polar surface area (TPSA) is 55.8 Å². The number of carboxylic acids is 1. The van der Waals surface area contributed by atoms with Crippen LogP contribution >= 0.6 is 63.7 Å². The van der Waals surface area contributed by atoms with Gasteiger partial charge in [-0.25, -0.2) is 4.79 Å². The van der Waals surface area contributed by atoms with Gasteiger partial charge in [0.2, 0.25) is 0 Å². The lowest BCUT2D eigenvalue weighted by Gasteiger charge is -2.20. The summed E-state index contributed by atoms with van der Waals surface area (Å²) in [6, 6.07) is 0. The van der Waals surface area contributed by atoms with Gasteiger partial charge in [-0.1, -0.05) is 0 Å². The van der Waals surface area contributed by atoms with Crippen LogP contribution in [0.1, 0.15) is 28.9 Å². The summed E-state index contributed by atoms with van der Waals surface area (Å²) in [7, 11) is 1.58. The number of methoxy groups -OCH3 is 1. The van der Waals surface area contributed by atoms with Crippen molar-refractivity contribution in [2.75, 3.05) is 20.3 Å². The van der Waals surface area contributed by atoms with E-state index in [1.807, 2.05) is 0 Å². The van der Waals surface area contributed by atoms with E-state index in [1.165, 1.54) is 0 Å². The van der Waals surface area contributed by atoms with E-state index >= 15 is 0 Å². The van der Waals surface area contributed by atoms with Crippen molar-refractivity contribution in [1.29, 1.82) is 0 Å². The molecule has 0 aliphatic rings. The highest BCUT2D eigenvalue weighted by Crippen LogP contribution is 2.44. The quantitative estimate of drug-likeness (QED) is 0.308. The second-order valence-electron chi connectivity index (χ2n) is 3.86. The highest BCUT2D eigenvalue weighted by molar-refractivity contribution is 9.15. The number of rotatable bonds is 6. The maximum Gasteiger partial charge on any atom is 0.337 e. The molecule has 0 aromatic heterocycles. The maximum absolute atomic E-state index is 11.5. The number of ether oxygens (including phenoxy) is 2. The van der Waals surface area contributed by atoms with Crippen molar-refractivity contribution in [2.24, 2.45) is 0 Å². The van der Waals surface area contributed by atoms with E-state index < -0.39 is 12.1 Å². The van der Waals surface area contributed by atoms with Gasteiger partial charge < -0.3 is 14.6 Å². The molecule has 0 saturated carbocycles. The molecule has 1 N–H and O–H groups in total. The Hall–Kier alpha value is 0.530. The first-order valence-electron chi connectivity index (χ1n) is 5.52. The number of benzene rings is 1. The molecular formula is C12H12Br4O4. The van der Waals surface area contributed by atoms with Gasteiger partial charge in [-0.15, -0.1) is 0 Å². The molecule has 8 heteroatoms. The number of carboxylic acid groups (broad SMARTS) is 1. The molecule has 0 bridgehead atoms. The van der Waals surface area contributed by atoms with E-state index in [2.05, 4.69) is 63.7 Å². The van der Waals surface area contributed by atoms with Gasteiger partial charge in [0.25, 0.3) is 0 Å². The van der Waals surface area contributed by atoms with E-state index in [4.69, 9.17) is 9.47 Å². The smallest absolute Gasteiger partial charge is 0.337 e. The molecule has 20 heavy (non-hydrogen) atoms. The van der Waals surface area contributed by atoms with Crippen LogP contribution in [0.15, 0.2) is 17.9 Å². The summed E-state index contributed by atoms with van der Waals surface area (Å²) in [6.07, 6.45) is -0.397. The minimum atomic E-state index is -1.03. The third kappa shape index (κ3) is 4.04. The number of hydrogen-bond acceptors (Lipinski definition) is 3. The average molecular weight is 540 g/mol. The standard InChI is InChI=1S/C12H12Br4O4/c1-5(20-4-3-19-2)6-7(12(17)18)9(14)11(16)10(15)8(6)13/h5H,3-4H2,1-2H3,(H,17,18). The molecule has 0 heterocycles. The SMILES string of the molecule is COCCOC(C)c1c(Br)c(Br)c(Br)c(Br)c1C(=O)O. The summed E-state index contributed by atoms with van der Waals surface area (Å²) >= 11 is 13.5. The second-order valence-corrected chi connectivity index (χ2v) is 7.03. The van der Waals surface area contributed by atoms with Crippen LogP contribution in [0, 0.1) is 0 Å². The predicted molar refractivity (Wildman–Crippen MR) is 90.4 cm³/mol. The van der Waals surface area contributed by atoms with E-state index in [-0.39, 0.29) is 5.56 Å².